The molecular formula is C25H22F2N6. The number of rotatable bonds is 3. The van der Waals surface area contributed by atoms with Crippen LogP contribution in [0.25, 0.3) is 28.2 Å². The van der Waals surface area contributed by atoms with Gasteiger partial charge in [0.2, 0.25) is 0 Å². The fourth-order valence-electron chi connectivity index (χ4n) is 4.40. The molecule has 8 heteroatoms. The highest BCUT2D eigenvalue weighted by Gasteiger charge is 2.24. The summed E-state index contributed by atoms with van der Waals surface area (Å²) in [6.07, 6.45) is 3.60. The molecule has 6 nitrogen and oxygen atoms in total. The molecule has 1 aliphatic heterocycles. The topological polar surface area (TPSA) is 83.8 Å². The number of nitriles is 1. The first kappa shape index (κ1) is 21.0. The average Bonchev–Trinajstić information content (AvgIpc) is 3.18. The van der Waals surface area contributed by atoms with Gasteiger partial charge < -0.3 is 10.6 Å². The van der Waals surface area contributed by atoms with Gasteiger partial charge in [0.25, 0.3) is 0 Å². The molecule has 0 radical (unpaired) electrons. The maximum absolute atomic E-state index is 15.1. The fraction of sp³-hybridized carbons (Fsp3) is 0.240. The van der Waals surface area contributed by atoms with E-state index in [0.29, 0.717) is 29.1 Å². The zero-order chi connectivity index (χ0) is 23.1. The number of anilines is 1. The van der Waals surface area contributed by atoms with Crippen LogP contribution in [0.15, 0.2) is 48.7 Å². The zero-order valence-corrected chi connectivity index (χ0v) is 18.1. The lowest BCUT2D eigenvalue weighted by Gasteiger charge is -2.32. The maximum atomic E-state index is 15.1. The van der Waals surface area contributed by atoms with Gasteiger partial charge in [-0.15, -0.1) is 0 Å². The predicted molar refractivity (Wildman–Crippen MR) is 123 cm³/mol. The van der Waals surface area contributed by atoms with Crippen LogP contribution in [0.4, 0.5) is 14.5 Å². The van der Waals surface area contributed by atoms with Crippen molar-refractivity contribution >= 4 is 16.9 Å². The molecule has 0 amide bonds. The molecule has 1 aliphatic rings. The van der Waals surface area contributed by atoms with Crippen molar-refractivity contribution in [2.24, 2.45) is 5.73 Å². The number of imidazole rings is 1. The SMILES string of the molecule is Cc1ccc(-n2c(-c3ccc(C#N)c(F)c3)nc3c(N4CCCC(N)C4)ccnc32)c(F)c1. The summed E-state index contributed by atoms with van der Waals surface area (Å²) < 4.78 is 31.2. The Morgan fingerprint density at radius 2 is 1.94 bits per heavy atom. The summed E-state index contributed by atoms with van der Waals surface area (Å²) in [4.78, 5) is 11.5. The number of benzene rings is 2. The molecule has 2 aromatic heterocycles. The van der Waals surface area contributed by atoms with Crippen molar-refractivity contribution in [3.63, 3.8) is 0 Å². The molecule has 3 heterocycles. The number of halogens is 2. The number of fused-ring (bicyclic) bond motifs is 1. The van der Waals surface area contributed by atoms with Gasteiger partial charge in [0.05, 0.1) is 16.9 Å². The van der Waals surface area contributed by atoms with Gasteiger partial charge in [-0.2, -0.15) is 5.26 Å². The number of hydrogen-bond donors (Lipinski definition) is 1. The molecule has 5 rings (SSSR count). The second kappa shape index (κ2) is 8.26. The van der Waals surface area contributed by atoms with Crippen molar-refractivity contribution in [2.45, 2.75) is 25.8 Å². The molecule has 2 N–H and O–H groups in total. The van der Waals surface area contributed by atoms with Crippen LogP contribution in [0.1, 0.15) is 24.0 Å². The smallest absolute Gasteiger partial charge is 0.167 e. The van der Waals surface area contributed by atoms with Crippen molar-refractivity contribution in [1.82, 2.24) is 14.5 Å². The van der Waals surface area contributed by atoms with Gasteiger partial charge in [-0.25, -0.2) is 18.7 Å². The largest absolute Gasteiger partial charge is 0.368 e. The highest BCUT2D eigenvalue weighted by molar-refractivity contribution is 5.90. The van der Waals surface area contributed by atoms with Gasteiger partial charge >= 0.3 is 0 Å². The first-order valence-corrected chi connectivity index (χ1v) is 10.8. The van der Waals surface area contributed by atoms with Crippen LogP contribution < -0.4 is 10.6 Å². The lowest BCUT2D eigenvalue weighted by Crippen LogP contribution is -2.42. The van der Waals surface area contributed by atoms with E-state index in [1.807, 2.05) is 19.1 Å². The van der Waals surface area contributed by atoms with E-state index < -0.39 is 11.6 Å². The van der Waals surface area contributed by atoms with E-state index in [0.717, 1.165) is 30.6 Å². The first-order valence-electron chi connectivity index (χ1n) is 10.8. The zero-order valence-electron chi connectivity index (χ0n) is 18.1. The highest BCUT2D eigenvalue weighted by atomic mass is 19.1. The van der Waals surface area contributed by atoms with Crippen LogP contribution in [0.5, 0.6) is 0 Å². The third-order valence-corrected chi connectivity index (χ3v) is 6.02. The molecule has 0 aliphatic carbocycles. The van der Waals surface area contributed by atoms with E-state index in [1.165, 1.54) is 18.2 Å². The summed E-state index contributed by atoms with van der Waals surface area (Å²) in [7, 11) is 0. The fourth-order valence-corrected chi connectivity index (χ4v) is 4.40. The van der Waals surface area contributed by atoms with E-state index in [2.05, 4.69) is 9.88 Å². The van der Waals surface area contributed by atoms with Crippen molar-refractivity contribution in [3.8, 4) is 23.1 Å². The molecule has 0 saturated carbocycles. The molecular weight excluding hydrogens is 422 g/mol. The summed E-state index contributed by atoms with van der Waals surface area (Å²) in [6, 6.07) is 12.9. The van der Waals surface area contributed by atoms with Crippen LogP contribution in [0.2, 0.25) is 0 Å². The third-order valence-electron chi connectivity index (χ3n) is 6.02. The monoisotopic (exact) mass is 444 g/mol. The van der Waals surface area contributed by atoms with Gasteiger partial charge in [0.15, 0.2) is 5.65 Å². The molecule has 2 aromatic carbocycles. The highest BCUT2D eigenvalue weighted by Crippen LogP contribution is 2.34. The standard InChI is InChI=1S/C25H22F2N6/c1-15-4-7-21(20(27)11-15)33-24(16-5-6-17(13-28)19(26)12-16)31-23-22(8-9-30-25(23)33)32-10-2-3-18(29)14-32/h4-9,11-12,18H,2-3,10,14,29H2,1H3. The van der Waals surface area contributed by atoms with Crippen LogP contribution in [0.3, 0.4) is 0 Å². The van der Waals surface area contributed by atoms with Gasteiger partial charge in [-0.05, 0) is 61.7 Å². The third kappa shape index (κ3) is 3.70. The second-order valence-corrected chi connectivity index (χ2v) is 8.38. The van der Waals surface area contributed by atoms with Crippen LogP contribution in [0, 0.1) is 29.9 Å². The van der Waals surface area contributed by atoms with Crippen molar-refractivity contribution in [1.29, 1.82) is 5.26 Å². The Hall–Kier alpha value is -3.83. The molecule has 33 heavy (non-hydrogen) atoms. The van der Waals surface area contributed by atoms with Crippen molar-refractivity contribution < 1.29 is 8.78 Å². The molecule has 0 spiro atoms. The number of piperidine rings is 1. The lowest BCUT2D eigenvalue weighted by molar-refractivity contribution is 0.507. The van der Waals surface area contributed by atoms with E-state index >= 15 is 4.39 Å². The lowest BCUT2D eigenvalue weighted by atomic mass is 10.1. The Morgan fingerprint density at radius 3 is 2.67 bits per heavy atom. The quantitative estimate of drug-likeness (QED) is 0.504. The number of hydrogen-bond acceptors (Lipinski definition) is 5. The van der Waals surface area contributed by atoms with Gasteiger partial charge in [-0.1, -0.05) is 6.07 Å². The molecule has 1 fully saturated rings. The van der Waals surface area contributed by atoms with Crippen LogP contribution in [-0.4, -0.2) is 33.7 Å². The maximum Gasteiger partial charge on any atom is 0.167 e. The predicted octanol–water partition coefficient (Wildman–Crippen LogP) is 4.47. The van der Waals surface area contributed by atoms with Crippen LogP contribution >= 0.6 is 0 Å². The number of aromatic nitrogens is 3. The van der Waals surface area contributed by atoms with Crippen molar-refractivity contribution in [2.75, 3.05) is 18.0 Å². The van der Waals surface area contributed by atoms with E-state index in [1.54, 1.807) is 29.0 Å². The Balaban J connectivity index is 1.78. The molecule has 1 unspecified atom stereocenters. The Bertz CT molecular complexity index is 1400. The van der Waals surface area contributed by atoms with E-state index in [9.17, 15) is 4.39 Å². The summed E-state index contributed by atoms with van der Waals surface area (Å²) in [6.45, 7) is 3.33. The minimum absolute atomic E-state index is 0.0608. The molecule has 166 valence electrons. The number of nitrogens with zero attached hydrogens (tertiary/aromatic N) is 5. The number of nitrogens with two attached hydrogens (primary N) is 1. The van der Waals surface area contributed by atoms with Gasteiger partial charge in [-0.3, -0.25) is 4.57 Å². The van der Waals surface area contributed by atoms with Crippen LogP contribution in [-0.2, 0) is 0 Å². The van der Waals surface area contributed by atoms with Gasteiger partial charge in [0.1, 0.15) is 29.0 Å². The molecule has 0 bridgehead atoms. The average molecular weight is 444 g/mol. The molecule has 4 aromatic rings. The minimum Gasteiger partial charge on any atom is -0.368 e. The summed E-state index contributed by atoms with van der Waals surface area (Å²) >= 11 is 0. The number of aryl methyl sites for hydroxylation is 1. The van der Waals surface area contributed by atoms with Gasteiger partial charge in [0, 0.05) is 30.9 Å². The van der Waals surface area contributed by atoms with E-state index in [4.69, 9.17) is 16.0 Å². The molecule has 1 saturated heterocycles. The summed E-state index contributed by atoms with van der Waals surface area (Å²) in [5, 5.41) is 9.11. The van der Waals surface area contributed by atoms with Crippen molar-refractivity contribution in [3.05, 3.63) is 71.4 Å². The summed E-state index contributed by atoms with van der Waals surface area (Å²) in [5.74, 6) is -0.748. The first-order chi connectivity index (χ1) is 16.0. The molecule has 1 atom stereocenters. The summed E-state index contributed by atoms with van der Waals surface area (Å²) in [5.41, 5.74) is 9.52. The minimum atomic E-state index is -0.659. The number of pyridine rings is 1. The van der Waals surface area contributed by atoms with E-state index in [-0.39, 0.29) is 17.3 Å². The Kier molecular flexibility index (Phi) is 5.27. The Morgan fingerprint density at radius 1 is 1.09 bits per heavy atom. The second-order valence-electron chi connectivity index (χ2n) is 8.38. The Labute approximate surface area is 189 Å². The normalized spacial score (nSPS) is 16.2.